The lowest BCUT2D eigenvalue weighted by Gasteiger charge is -2.15. The van der Waals surface area contributed by atoms with Gasteiger partial charge >= 0.3 is 0 Å². The normalized spacial score (nSPS) is 13.5. The minimum absolute atomic E-state index is 0.380. The predicted octanol–water partition coefficient (Wildman–Crippen LogP) is 2.57. The summed E-state index contributed by atoms with van der Waals surface area (Å²) in [5.74, 6) is 1.00. The maximum absolute atomic E-state index is 11.3. The Morgan fingerprint density at radius 1 is 1.22 bits per heavy atom. The molecule has 0 bridgehead atoms. The van der Waals surface area contributed by atoms with Gasteiger partial charge in [0.1, 0.15) is 0 Å². The van der Waals surface area contributed by atoms with Crippen LogP contribution in [0.1, 0.15) is 20.3 Å². The molecule has 0 saturated heterocycles. The molecular weight excluding hydrogens is 266 g/mol. The molecule has 1 aromatic carbocycles. The third-order valence-electron chi connectivity index (χ3n) is 2.69. The van der Waals surface area contributed by atoms with E-state index in [1.165, 1.54) is 6.26 Å². The summed E-state index contributed by atoms with van der Waals surface area (Å²) < 4.78 is 22.6. The van der Waals surface area contributed by atoms with E-state index in [1.807, 2.05) is 12.1 Å². The molecule has 0 radical (unpaired) electrons. The predicted molar refractivity (Wildman–Crippen MR) is 78.0 cm³/mol. The van der Waals surface area contributed by atoms with Gasteiger partial charge in [0, 0.05) is 22.9 Å². The van der Waals surface area contributed by atoms with Crippen LogP contribution in [0.5, 0.6) is 0 Å². The van der Waals surface area contributed by atoms with Gasteiger partial charge in [-0.1, -0.05) is 13.8 Å². The van der Waals surface area contributed by atoms with Gasteiger partial charge in [-0.3, -0.25) is 0 Å². The van der Waals surface area contributed by atoms with Crippen molar-refractivity contribution in [3.63, 3.8) is 0 Å². The van der Waals surface area contributed by atoms with E-state index in [2.05, 4.69) is 19.2 Å². The summed E-state index contributed by atoms with van der Waals surface area (Å²) in [6, 6.07) is 7.60. The minimum atomic E-state index is -3.09. The molecule has 1 rings (SSSR count). The molecule has 1 aromatic rings. The zero-order valence-corrected chi connectivity index (χ0v) is 12.8. The molecule has 0 aliphatic carbocycles. The van der Waals surface area contributed by atoms with Crippen LogP contribution in [-0.4, -0.2) is 33.0 Å². The van der Waals surface area contributed by atoms with Gasteiger partial charge in [0.2, 0.25) is 0 Å². The lowest BCUT2D eigenvalue weighted by atomic mass is 10.2. The molecule has 18 heavy (non-hydrogen) atoms. The van der Waals surface area contributed by atoms with Gasteiger partial charge in [0.25, 0.3) is 0 Å². The molecule has 0 aliphatic rings. The lowest BCUT2D eigenvalue weighted by molar-refractivity contribution is 0.560. The van der Waals surface area contributed by atoms with Crippen molar-refractivity contribution in [2.24, 2.45) is 0 Å². The third-order valence-corrected chi connectivity index (χ3v) is 4.99. The summed E-state index contributed by atoms with van der Waals surface area (Å²) in [6.07, 6.45) is 2.33. The second-order valence-electron chi connectivity index (χ2n) is 4.22. The molecule has 0 aromatic heterocycles. The Hall–Kier alpha value is -0.520. The monoisotopic (exact) mass is 287 g/mol. The van der Waals surface area contributed by atoms with E-state index >= 15 is 0 Å². The highest BCUT2D eigenvalue weighted by atomic mass is 32.2. The number of sulfone groups is 1. The van der Waals surface area contributed by atoms with Crippen LogP contribution in [-0.2, 0) is 9.84 Å². The molecule has 1 N–H and O–H groups in total. The van der Waals surface area contributed by atoms with E-state index in [0.717, 1.165) is 23.6 Å². The Kier molecular flexibility index (Phi) is 6.18. The topological polar surface area (TPSA) is 46.2 Å². The maximum Gasteiger partial charge on any atom is 0.175 e. The second kappa shape index (κ2) is 7.16. The number of hydrogen-bond donors (Lipinski definition) is 1. The number of rotatable bonds is 7. The minimum Gasteiger partial charge on any atom is -0.313 e. The summed E-state index contributed by atoms with van der Waals surface area (Å²) in [5.41, 5.74) is 0. The number of benzene rings is 1. The number of hydrogen-bond acceptors (Lipinski definition) is 4. The van der Waals surface area contributed by atoms with Crippen LogP contribution in [0.2, 0.25) is 0 Å². The fourth-order valence-corrected chi connectivity index (χ4v) is 3.30. The molecular formula is C13H21NO2S2. The first-order valence-electron chi connectivity index (χ1n) is 6.13. The maximum atomic E-state index is 11.3. The zero-order valence-electron chi connectivity index (χ0n) is 11.1. The van der Waals surface area contributed by atoms with Gasteiger partial charge in [-0.2, -0.15) is 0 Å². The molecule has 3 nitrogen and oxygen atoms in total. The van der Waals surface area contributed by atoms with Crippen LogP contribution in [0.3, 0.4) is 0 Å². The molecule has 0 spiro atoms. The van der Waals surface area contributed by atoms with Gasteiger partial charge in [-0.25, -0.2) is 8.42 Å². The van der Waals surface area contributed by atoms with Gasteiger partial charge in [-0.05, 0) is 37.2 Å². The molecule has 0 amide bonds. The van der Waals surface area contributed by atoms with E-state index in [-0.39, 0.29) is 0 Å². The van der Waals surface area contributed by atoms with Crippen molar-refractivity contribution in [3.05, 3.63) is 24.3 Å². The van der Waals surface area contributed by atoms with E-state index in [9.17, 15) is 8.42 Å². The first kappa shape index (κ1) is 15.5. The Bertz CT molecular complexity index is 454. The Labute approximate surface area is 114 Å². The molecule has 5 heteroatoms. The third kappa shape index (κ3) is 5.00. The molecule has 0 aliphatic heterocycles. The van der Waals surface area contributed by atoms with Crippen LogP contribution in [0.25, 0.3) is 0 Å². The summed E-state index contributed by atoms with van der Waals surface area (Å²) >= 11 is 1.76. The standard InChI is InChI=1S/C13H21NO2S2/c1-4-11(14-5-2)10-17-12-6-8-13(9-7-12)18(3,15)16/h6-9,11,14H,4-5,10H2,1-3H3. The van der Waals surface area contributed by atoms with Gasteiger partial charge in [0.05, 0.1) is 4.90 Å². The molecule has 0 saturated carbocycles. The highest BCUT2D eigenvalue weighted by molar-refractivity contribution is 7.99. The number of nitrogens with one attached hydrogen (secondary N) is 1. The molecule has 1 atom stereocenters. The van der Waals surface area contributed by atoms with Gasteiger partial charge in [-0.15, -0.1) is 11.8 Å². The first-order valence-corrected chi connectivity index (χ1v) is 9.01. The summed E-state index contributed by atoms with van der Waals surface area (Å²) in [7, 11) is -3.09. The van der Waals surface area contributed by atoms with Crippen LogP contribution < -0.4 is 5.32 Å². The van der Waals surface area contributed by atoms with Gasteiger partial charge in [0.15, 0.2) is 9.84 Å². The fraction of sp³-hybridized carbons (Fsp3) is 0.538. The van der Waals surface area contributed by atoms with Crippen molar-refractivity contribution in [1.29, 1.82) is 0 Å². The fourth-order valence-electron chi connectivity index (χ4n) is 1.59. The van der Waals surface area contributed by atoms with Crippen LogP contribution in [0, 0.1) is 0 Å². The van der Waals surface area contributed by atoms with Crippen molar-refractivity contribution >= 4 is 21.6 Å². The van der Waals surface area contributed by atoms with E-state index in [4.69, 9.17) is 0 Å². The average Bonchev–Trinajstić information content (AvgIpc) is 2.34. The summed E-state index contributed by atoms with van der Waals surface area (Å²) in [6.45, 7) is 5.25. The largest absolute Gasteiger partial charge is 0.313 e. The average molecular weight is 287 g/mol. The SMILES string of the molecule is CCNC(CC)CSc1ccc(S(C)(=O)=O)cc1. The highest BCUT2D eigenvalue weighted by Gasteiger charge is 2.08. The lowest BCUT2D eigenvalue weighted by Crippen LogP contribution is -2.30. The van der Waals surface area contributed by atoms with Crippen LogP contribution in [0.15, 0.2) is 34.1 Å². The Balaban J connectivity index is 2.59. The summed E-state index contributed by atoms with van der Waals surface area (Å²) in [4.78, 5) is 1.49. The Morgan fingerprint density at radius 3 is 2.28 bits per heavy atom. The second-order valence-corrected chi connectivity index (χ2v) is 7.33. The van der Waals surface area contributed by atoms with Crippen molar-refractivity contribution < 1.29 is 8.42 Å². The van der Waals surface area contributed by atoms with Crippen molar-refractivity contribution in [3.8, 4) is 0 Å². The molecule has 1 unspecified atom stereocenters. The zero-order chi connectivity index (χ0) is 13.6. The molecule has 0 fully saturated rings. The van der Waals surface area contributed by atoms with Crippen molar-refractivity contribution in [2.45, 2.75) is 36.1 Å². The smallest absolute Gasteiger partial charge is 0.175 e. The van der Waals surface area contributed by atoms with Crippen molar-refractivity contribution in [2.75, 3.05) is 18.6 Å². The van der Waals surface area contributed by atoms with E-state index in [1.54, 1.807) is 23.9 Å². The molecule has 102 valence electrons. The van der Waals surface area contributed by atoms with E-state index < -0.39 is 9.84 Å². The Morgan fingerprint density at radius 2 is 1.83 bits per heavy atom. The number of thioether (sulfide) groups is 1. The highest BCUT2D eigenvalue weighted by Crippen LogP contribution is 2.21. The van der Waals surface area contributed by atoms with Crippen LogP contribution >= 0.6 is 11.8 Å². The van der Waals surface area contributed by atoms with Gasteiger partial charge < -0.3 is 5.32 Å². The van der Waals surface area contributed by atoms with E-state index in [0.29, 0.717) is 10.9 Å². The van der Waals surface area contributed by atoms with Crippen LogP contribution in [0.4, 0.5) is 0 Å². The van der Waals surface area contributed by atoms with Crippen molar-refractivity contribution in [1.82, 2.24) is 5.32 Å². The first-order chi connectivity index (χ1) is 8.47. The summed E-state index contributed by atoms with van der Waals surface area (Å²) in [5, 5.41) is 3.42. The molecule has 0 heterocycles. The quantitative estimate of drug-likeness (QED) is 0.783.